The molecular formula is C14H17BrFN3O. The first-order chi connectivity index (χ1) is 9.58. The molecule has 0 aliphatic heterocycles. The van der Waals surface area contributed by atoms with Crippen LogP contribution in [0.3, 0.4) is 0 Å². The first kappa shape index (κ1) is 15.0. The third-order valence-electron chi connectivity index (χ3n) is 3.09. The molecule has 2 aromatic rings. The number of hydrogen-bond donors (Lipinski definition) is 1. The standard InChI is InChI=1S/C14H17BrFN3O/c1-3-6-19-14(12(20-2)8-18-19)13(17)10-5-4-9(16)7-11(10)15/h4-5,7-8,13H,3,6,17H2,1-2H3. The van der Waals surface area contributed by atoms with Crippen LogP contribution in [0.25, 0.3) is 0 Å². The van der Waals surface area contributed by atoms with E-state index in [1.165, 1.54) is 12.1 Å². The maximum atomic E-state index is 13.2. The molecule has 2 N–H and O–H groups in total. The summed E-state index contributed by atoms with van der Waals surface area (Å²) in [5, 5.41) is 4.29. The van der Waals surface area contributed by atoms with Gasteiger partial charge in [-0.2, -0.15) is 5.10 Å². The lowest BCUT2D eigenvalue weighted by atomic mass is 10.0. The zero-order chi connectivity index (χ0) is 14.7. The fourth-order valence-electron chi connectivity index (χ4n) is 2.14. The average molecular weight is 342 g/mol. The van der Waals surface area contributed by atoms with E-state index in [4.69, 9.17) is 10.5 Å². The van der Waals surface area contributed by atoms with E-state index in [0.29, 0.717) is 10.2 Å². The maximum Gasteiger partial charge on any atom is 0.161 e. The third-order valence-corrected chi connectivity index (χ3v) is 3.78. The SMILES string of the molecule is CCCn1ncc(OC)c1C(N)c1ccc(F)cc1Br. The molecule has 0 aliphatic rings. The maximum absolute atomic E-state index is 13.2. The second-order valence-corrected chi connectivity index (χ2v) is 5.32. The van der Waals surface area contributed by atoms with Gasteiger partial charge in [0, 0.05) is 11.0 Å². The number of ether oxygens (including phenoxy) is 1. The number of benzene rings is 1. The highest BCUT2D eigenvalue weighted by molar-refractivity contribution is 9.10. The highest BCUT2D eigenvalue weighted by Gasteiger charge is 2.22. The van der Waals surface area contributed by atoms with E-state index < -0.39 is 6.04 Å². The van der Waals surface area contributed by atoms with Crippen LogP contribution >= 0.6 is 15.9 Å². The predicted molar refractivity (Wildman–Crippen MR) is 79.2 cm³/mol. The van der Waals surface area contributed by atoms with Crippen molar-refractivity contribution in [2.24, 2.45) is 5.73 Å². The van der Waals surface area contributed by atoms with Gasteiger partial charge in [0.1, 0.15) is 11.5 Å². The fourth-order valence-corrected chi connectivity index (χ4v) is 2.74. The molecule has 1 atom stereocenters. The van der Waals surface area contributed by atoms with E-state index in [0.717, 1.165) is 24.2 Å². The summed E-state index contributed by atoms with van der Waals surface area (Å²) in [6.07, 6.45) is 2.59. The van der Waals surface area contributed by atoms with Crippen LogP contribution in [-0.2, 0) is 6.54 Å². The van der Waals surface area contributed by atoms with Gasteiger partial charge in [0.25, 0.3) is 0 Å². The second kappa shape index (κ2) is 6.37. The van der Waals surface area contributed by atoms with Crippen molar-refractivity contribution in [2.45, 2.75) is 25.9 Å². The van der Waals surface area contributed by atoms with Gasteiger partial charge in [0.15, 0.2) is 5.75 Å². The molecule has 0 amide bonds. The van der Waals surface area contributed by atoms with Gasteiger partial charge in [-0.15, -0.1) is 0 Å². The molecule has 6 heteroatoms. The first-order valence-electron chi connectivity index (χ1n) is 6.38. The summed E-state index contributed by atoms with van der Waals surface area (Å²) in [6.45, 7) is 2.82. The second-order valence-electron chi connectivity index (χ2n) is 4.46. The van der Waals surface area contributed by atoms with E-state index >= 15 is 0 Å². The number of nitrogens with zero attached hydrogens (tertiary/aromatic N) is 2. The Bertz CT molecular complexity index is 600. The number of rotatable bonds is 5. The average Bonchev–Trinajstić information content (AvgIpc) is 2.81. The van der Waals surface area contributed by atoms with Crippen LogP contribution in [0, 0.1) is 5.82 Å². The molecule has 1 heterocycles. The lowest BCUT2D eigenvalue weighted by Gasteiger charge is -2.17. The number of aryl methyl sites for hydroxylation is 1. The Morgan fingerprint density at radius 1 is 1.50 bits per heavy atom. The fraction of sp³-hybridized carbons (Fsp3) is 0.357. The largest absolute Gasteiger partial charge is 0.493 e. The molecule has 0 radical (unpaired) electrons. The minimum Gasteiger partial charge on any atom is -0.493 e. The highest BCUT2D eigenvalue weighted by Crippen LogP contribution is 2.32. The predicted octanol–water partition coefficient (Wildman–Crippen LogP) is 3.25. The Balaban J connectivity index is 2.46. The van der Waals surface area contributed by atoms with Gasteiger partial charge in [0.05, 0.1) is 19.3 Å². The molecule has 2 rings (SSSR count). The number of aromatic nitrogens is 2. The van der Waals surface area contributed by atoms with Crippen molar-refractivity contribution in [1.29, 1.82) is 0 Å². The molecule has 0 spiro atoms. The number of halogens is 2. The quantitative estimate of drug-likeness (QED) is 0.908. The van der Waals surface area contributed by atoms with Crippen LogP contribution in [-0.4, -0.2) is 16.9 Å². The van der Waals surface area contributed by atoms with Crippen molar-refractivity contribution in [1.82, 2.24) is 9.78 Å². The summed E-state index contributed by atoms with van der Waals surface area (Å²) >= 11 is 3.35. The highest BCUT2D eigenvalue weighted by atomic mass is 79.9. The summed E-state index contributed by atoms with van der Waals surface area (Å²) in [5.74, 6) is 0.337. The summed E-state index contributed by atoms with van der Waals surface area (Å²) in [4.78, 5) is 0. The van der Waals surface area contributed by atoms with Gasteiger partial charge in [-0.05, 0) is 24.1 Å². The zero-order valence-electron chi connectivity index (χ0n) is 11.4. The van der Waals surface area contributed by atoms with E-state index in [9.17, 15) is 4.39 Å². The number of hydrogen-bond acceptors (Lipinski definition) is 3. The van der Waals surface area contributed by atoms with Crippen LogP contribution in [0.1, 0.15) is 30.6 Å². The Kier molecular flexibility index (Phi) is 4.77. The Morgan fingerprint density at radius 3 is 2.85 bits per heavy atom. The van der Waals surface area contributed by atoms with Crippen LogP contribution in [0.15, 0.2) is 28.9 Å². The lowest BCUT2D eigenvalue weighted by molar-refractivity contribution is 0.404. The zero-order valence-corrected chi connectivity index (χ0v) is 13.0. The molecule has 0 saturated heterocycles. The van der Waals surface area contributed by atoms with Crippen LogP contribution in [0.2, 0.25) is 0 Å². The summed E-state index contributed by atoms with van der Waals surface area (Å²) < 4.78 is 21.0. The van der Waals surface area contributed by atoms with E-state index in [1.54, 1.807) is 19.4 Å². The lowest BCUT2D eigenvalue weighted by Crippen LogP contribution is -2.19. The molecule has 0 aliphatic carbocycles. The molecule has 20 heavy (non-hydrogen) atoms. The molecule has 1 unspecified atom stereocenters. The van der Waals surface area contributed by atoms with Gasteiger partial charge in [0.2, 0.25) is 0 Å². The summed E-state index contributed by atoms with van der Waals surface area (Å²) in [5.41, 5.74) is 7.91. The van der Waals surface area contributed by atoms with Crippen molar-refractivity contribution in [3.63, 3.8) is 0 Å². The Morgan fingerprint density at radius 2 is 2.25 bits per heavy atom. The number of nitrogens with two attached hydrogens (primary N) is 1. The molecule has 1 aromatic heterocycles. The van der Waals surface area contributed by atoms with Crippen molar-refractivity contribution >= 4 is 15.9 Å². The van der Waals surface area contributed by atoms with Crippen molar-refractivity contribution < 1.29 is 9.13 Å². The van der Waals surface area contributed by atoms with E-state index in [2.05, 4.69) is 28.0 Å². The van der Waals surface area contributed by atoms with Crippen molar-refractivity contribution in [3.05, 3.63) is 45.9 Å². The molecule has 0 saturated carbocycles. The summed E-state index contributed by atoms with van der Waals surface area (Å²) in [7, 11) is 1.59. The van der Waals surface area contributed by atoms with Crippen LogP contribution < -0.4 is 10.5 Å². The Hall–Kier alpha value is -1.40. The minimum atomic E-state index is -0.436. The molecule has 1 aromatic carbocycles. The smallest absolute Gasteiger partial charge is 0.161 e. The van der Waals surface area contributed by atoms with Crippen LogP contribution in [0.4, 0.5) is 4.39 Å². The normalized spacial score (nSPS) is 12.4. The van der Waals surface area contributed by atoms with Gasteiger partial charge in [-0.25, -0.2) is 4.39 Å². The molecular weight excluding hydrogens is 325 g/mol. The minimum absolute atomic E-state index is 0.304. The molecule has 0 fully saturated rings. The van der Waals surface area contributed by atoms with Gasteiger partial charge in [-0.3, -0.25) is 4.68 Å². The molecule has 4 nitrogen and oxygen atoms in total. The topological polar surface area (TPSA) is 53.1 Å². The van der Waals surface area contributed by atoms with Gasteiger partial charge >= 0.3 is 0 Å². The van der Waals surface area contributed by atoms with Crippen LogP contribution in [0.5, 0.6) is 5.75 Å². The molecule has 108 valence electrons. The first-order valence-corrected chi connectivity index (χ1v) is 7.18. The number of methoxy groups -OCH3 is 1. The monoisotopic (exact) mass is 341 g/mol. The van der Waals surface area contributed by atoms with Crippen molar-refractivity contribution in [2.75, 3.05) is 7.11 Å². The Labute approximate surface area is 125 Å². The summed E-state index contributed by atoms with van der Waals surface area (Å²) in [6, 6.07) is 4.04. The van der Waals surface area contributed by atoms with Gasteiger partial charge in [-0.1, -0.05) is 28.9 Å². The van der Waals surface area contributed by atoms with Crippen molar-refractivity contribution in [3.8, 4) is 5.75 Å². The van der Waals surface area contributed by atoms with Gasteiger partial charge < -0.3 is 10.5 Å². The van der Waals surface area contributed by atoms with E-state index in [-0.39, 0.29) is 5.82 Å². The molecule has 0 bridgehead atoms. The third kappa shape index (κ3) is 2.86. The van der Waals surface area contributed by atoms with E-state index in [1.807, 2.05) is 4.68 Å².